The molecule has 1 aromatic carbocycles. The summed E-state index contributed by atoms with van der Waals surface area (Å²) in [5.41, 5.74) is 0.928. The van der Waals surface area contributed by atoms with Crippen LogP contribution in [0.2, 0.25) is 0 Å². The first-order valence-electron chi connectivity index (χ1n) is 7.92. The zero-order valence-corrected chi connectivity index (χ0v) is 13.1. The summed E-state index contributed by atoms with van der Waals surface area (Å²) in [5.74, 6) is -0.300. The normalized spacial score (nSPS) is 28.2. The second-order valence-corrected chi connectivity index (χ2v) is 6.07. The lowest BCUT2D eigenvalue weighted by Crippen LogP contribution is -2.54. The molecular formula is C18H21NO4. The van der Waals surface area contributed by atoms with Crippen molar-refractivity contribution in [2.75, 3.05) is 7.11 Å². The fraction of sp³-hybridized carbons (Fsp3) is 0.444. The highest BCUT2D eigenvalue weighted by Crippen LogP contribution is 2.41. The zero-order chi connectivity index (χ0) is 16.2. The molecule has 4 atom stereocenters. The van der Waals surface area contributed by atoms with Crippen molar-refractivity contribution in [3.8, 4) is 0 Å². The number of amides is 1. The maximum absolute atomic E-state index is 12.1. The van der Waals surface area contributed by atoms with Crippen molar-refractivity contribution in [1.82, 2.24) is 5.32 Å². The van der Waals surface area contributed by atoms with E-state index in [1.54, 1.807) is 0 Å². The minimum Gasteiger partial charge on any atom is -0.469 e. The van der Waals surface area contributed by atoms with Gasteiger partial charge in [0.15, 0.2) is 0 Å². The van der Waals surface area contributed by atoms with E-state index in [1.807, 2.05) is 30.3 Å². The average Bonchev–Trinajstić information content (AvgIpc) is 2.61. The Balaban J connectivity index is 1.62. The predicted molar refractivity (Wildman–Crippen MR) is 84.4 cm³/mol. The minimum absolute atomic E-state index is 0.131. The van der Waals surface area contributed by atoms with Gasteiger partial charge in [-0.15, -0.1) is 0 Å². The SMILES string of the molecule is COC(=O)[C@@H]1C2C=CC(CC2)[C@H]1NC(=O)OCc1ccccc1. The van der Waals surface area contributed by atoms with Crippen LogP contribution in [0, 0.1) is 17.8 Å². The number of ether oxygens (including phenoxy) is 2. The molecule has 0 radical (unpaired) electrons. The summed E-state index contributed by atoms with van der Waals surface area (Å²) >= 11 is 0. The molecule has 5 heteroatoms. The van der Waals surface area contributed by atoms with Gasteiger partial charge in [0, 0.05) is 0 Å². The number of allylic oxidation sites excluding steroid dienone is 1. The first-order valence-corrected chi connectivity index (χ1v) is 7.92. The molecule has 2 bridgehead atoms. The molecular weight excluding hydrogens is 294 g/mol. The summed E-state index contributed by atoms with van der Waals surface area (Å²) in [7, 11) is 1.39. The number of benzene rings is 1. The molecule has 122 valence electrons. The number of alkyl carbamates (subject to hydrolysis) is 1. The molecule has 0 aromatic heterocycles. The van der Waals surface area contributed by atoms with E-state index in [0.717, 1.165) is 18.4 Å². The van der Waals surface area contributed by atoms with Crippen LogP contribution < -0.4 is 5.32 Å². The number of carbonyl (C=O) groups excluding carboxylic acids is 2. The lowest BCUT2D eigenvalue weighted by Gasteiger charge is -2.43. The van der Waals surface area contributed by atoms with Gasteiger partial charge in [-0.2, -0.15) is 0 Å². The average molecular weight is 315 g/mol. The van der Waals surface area contributed by atoms with Gasteiger partial charge in [-0.3, -0.25) is 4.79 Å². The standard InChI is InChI=1S/C18H21NO4/c1-22-17(20)15-13-7-9-14(10-8-13)16(15)19-18(21)23-11-12-5-3-2-4-6-12/h2-7,9,13-16H,8,10-11H2,1H3,(H,19,21)/t13?,14?,15-,16-/m1/s1. The number of hydrogen-bond acceptors (Lipinski definition) is 4. The quantitative estimate of drug-likeness (QED) is 0.685. The number of methoxy groups -OCH3 is 1. The van der Waals surface area contributed by atoms with Crippen LogP contribution in [0.3, 0.4) is 0 Å². The molecule has 23 heavy (non-hydrogen) atoms. The van der Waals surface area contributed by atoms with E-state index in [2.05, 4.69) is 17.5 Å². The third-order valence-corrected chi connectivity index (χ3v) is 4.72. The Bertz CT molecular complexity index is 598. The predicted octanol–water partition coefficient (Wildman–Crippen LogP) is 2.67. The van der Waals surface area contributed by atoms with E-state index in [-0.39, 0.29) is 36.4 Å². The van der Waals surface area contributed by atoms with Gasteiger partial charge >= 0.3 is 12.1 Å². The molecule has 3 aliphatic carbocycles. The smallest absolute Gasteiger partial charge is 0.407 e. The van der Waals surface area contributed by atoms with Crippen molar-refractivity contribution in [3.05, 3.63) is 48.0 Å². The largest absolute Gasteiger partial charge is 0.469 e. The van der Waals surface area contributed by atoms with E-state index in [0.29, 0.717) is 0 Å². The van der Waals surface area contributed by atoms with E-state index in [1.165, 1.54) is 7.11 Å². The Morgan fingerprint density at radius 3 is 2.48 bits per heavy atom. The molecule has 4 rings (SSSR count). The third kappa shape index (κ3) is 3.38. The summed E-state index contributed by atoms with van der Waals surface area (Å²) in [4.78, 5) is 24.2. The fourth-order valence-corrected chi connectivity index (χ4v) is 3.55. The monoisotopic (exact) mass is 315 g/mol. The van der Waals surface area contributed by atoms with Gasteiger partial charge in [0.25, 0.3) is 0 Å². The highest BCUT2D eigenvalue weighted by atomic mass is 16.5. The number of nitrogens with one attached hydrogen (secondary N) is 1. The summed E-state index contributed by atoms with van der Waals surface area (Å²) in [6, 6.07) is 9.25. The maximum Gasteiger partial charge on any atom is 0.407 e. The molecule has 0 spiro atoms. The second kappa shape index (κ2) is 6.86. The molecule has 1 amide bonds. The van der Waals surface area contributed by atoms with Crippen molar-refractivity contribution in [1.29, 1.82) is 0 Å². The van der Waals surface area contributed by atoms with Gasteiger partial charge in [0.1, 0.15) is 6.61 Å². The van der Waals surface area contributed by atoms with Gasteiger partial charge in [-0.05, 0) is 30.2 Å². The van der Waals surface area contributed by atoms with Crippen LogP contribution in [-0.2, 0) is 20.9 Å². The Morgan fingerprint density at radius 1 is 1.13 bits per heavy atom. The minimum atomic E-state index is -0.492. The van der Waals surface area contributed by atoms with Crippen LogP contribution in [0.5, 0.6) is 0 Å². The summed E-state index contributed by atoms with van der Waals surface area (Å²) < 4.78 is 10.2. The topological polar surface area (TPSA) is 64.6 Å². The van der Waals surface area contributed by atoms with Crippen molar-refractivity contribution in [3.63, 3.8) is 0 Å². The van der Waals surface area contributed by atoms with E-state index < -0.39 is 6.09 Å². The first kappa shape index (κ1) is 15.6. The lowest BCUT2D eigenvalue weighted by atomic mass is 9.66. The third-order valence-electron chi connectivity index (χ3n) is 4.72. The molecule has 5 nitrogen and oxygen atoms in total. The molecule has 3 aliphatic rings. The van der Waals surface area contributed by atoms with Gasteiger partial charge in [0.2, 0.25) is 0 Å². The van der Waals surface area contributed by atoms with Crippen LogP contribution in [0.25, 0.3) is 0 Å². The molecule has 1 N–H and O–H groups in total. The van der Waals surface area contributed by atoms with Crippen LogP contribution in [0.4, 0.5) is 4.79 Å². The Labute approximate surface area is 135 Å². The van der Waals surface area contributed by atoms with Gasteiger partial charge in [-0.1, -0.05) is 42.5 Å². The summed E-state index contributed by atoms with van der Waals surface area (Å²) in [6.07, 6.45) is 5.60. The lowest BCUT2D eigenvalue weighted by molar-refractivity contribution is -0.150. The van der Waals surface area contributed by atoms with Crippen molar-refractivity contribution >= 4 is 12.1 Å². The van der Waals surface area contributed by atoms with Gasteiger partial charge in [0.05, 0.1) is 19.1 Å². The van der Waals surface area contributed by atoms with Crippen molar-refractivity contribution < 1.29 is 19.1 Å². The number of esters is 1. The van der Waals surface area contributed by atoms with Crippen molar-refractivity contribution in [2.45, 2.75) is 25.5 Å². The molecule has 0 aliphatic heterocycles. The highest BCUT2D eigenvalue weighted by Gasteiger charge is 2.46. The molecule has 1 saturated carbocycles. The van der Waals surface area contributed by atoms with Crippen LogP contribution in [-0.4, -0.2) is 25.2 Å². The Kier molecular flexibility index (Phi) is 4.65. The number of rotatable bonds is 4. The molecule has 0 saturated heterocycles. The molecule has 1 aromatic rings. The van der Waals surface area contributed by atoms with Crippen LogP contribution in [0.1, 0.15) is 18.4 Å². The number of hydrogen-bond donors (Lipinski definition) is 1. The number of carbonyl (C=O) groups is 2. The highest BCUT2D eigenvalue weighted by molar-refractivity contribution is 5.76. The summed E-state index contributed by atoms with van der Waals surface area (Å²) in [5, 5.41) is 2.87. The van der Waals surface area contributed by atoms with Crippen LogP contribution in [0.15, 0.2) is 42.5 Å². The maximum atomic E-state index is 12.1. The number of fused-ring (bicyclic) bond motifs is 2. The van der Waals surface area contributed by atoms with Crippen molar-refractivity contribution in [2.24, 2.45) is 17.8 Å². The van der Waals surface area contributed by atoms with Gasteiger partial charge in [-0.25, -0.2) is 4.79 Å². The Hall–Kier alpha value is -2.30. The van der Waals surface area contributed by atoms with Gasteiger partial charge < -0.3 is 14.8 Å². The molecule has 0 heterocycles. The Morgan fingerprint density at radius 2 is 1.83 bits per heavy atom. The van der Waals surface area contributed by atoms with Crippen LogP contribution >= 0.6 is 0 Å². The second-order valence-electron chi connectivity index (χ2n) is 6.07. The first-order chi connectivity index (χ1) is 11.2. The molecule has 2 unspecified atom stereocenters. The van der Waals surface area contributed by atoms with E-state index in [4.69, 9.17) is 9.47 Å². The molecule has 1 fully saturated rings. The van der Waals surface area contributed by atoms with E-state index in [9.17, 15) is 9.59 Å². The van der Waals surface area contributed by atoms with E-state index >= 15 is 0 Å². The summed E-state index contributed by atoms with van der Waals surface area (Å²) in [6.45, 7) is 0.215. The fourth-order valence-electron chi connectivity index (χ4n) is 3.55. The zero-order valence-electron chi connectivity index (χ0n) is 13.1.